The molecule has 1 atom stereocenters. The van der Waals surface area contributed by atoms with Crippen LogP contribution in [-0.4, -0.2) is 64.2 Å². The number of amides is 2. The number of urea groups is 1. The summed E-state index contributed by atoms with van der Waals surface area (Å²) in [7, 11) is 0. The first-order valence-corrected chi connectivity index (χ1v) is 13.0. The van der Waals surface area contributed by atoms with E-state index in [4.69, 9.17) is 14.6 Å². The number of carbonyl (C=O) groups excluding carboxylic acids is 1. The second-order valence-electron chi connectivity index (χ2n) is 9.87. The van der Waals surface area contributed by atoms with Crippen LogP contribution in [0.25, 0.3) is 21.6 Å². The molecule has 2 aromatic heterocycles. The summed E-state index contributed by atoms with van der Waals surface area (Å²) in [6, 6.07) is 7.18. The highest BCUT2D eigenvalue weighted by atomic mass is 32.1. The van der Waals surface area contributed by atoms with Crippen LogP contribution in [0.3, 0.4) is 0 Å². The number of oxime groups is 1. The molecule has 0 spiro atoms. The van der Waals surface area contributed by atoms with Crippen LogP contribution >= 0.6 is 11.3 Å². The third-order valence-corrected chi connectivity index (χ3v) is 6.95. The zero-order valence-corrected chi connectivity index (χ0v) is 21.8. The number of ether oxygens (including phenoxy) is 1. The monoisotopic (exact) mass is 522 g/mol. The van der Waals surface area contributed by atoms with Crippen molar-refractivity contribution in [1.82, 2.24) is 25.3 Å². The lowest BCUT2D eigenvalue weighted by atomic mass is 9.87. The topological polar surface area (TPSA) is 130 Å². The van der Waals surface area contributed by atoms with Gasteiger partial charge in [0.15, 0.2) is 5.84 Å². The minimum absolute atomic E-state index is 0.0535. The number of aromatic nitrogens is 4. The molecule has 0 saturated carbocycles. The summed E-state index contributed by atoms with van der Waals surface area (Å²) in [5, 5.41) is 11.6. The number of nitrogens with one attached hydrogen (secondary N) is 3. The summed E-state index contributed by atoms with van der Waals surface area (Å²) < 4.78 is 5.43. The predicted octanol–water partition coefficient (Wildman–Crippen LogP) is 4.31. The van der Waals surface area contributed by atoms with Gasteiger partial charge < -0.3 is 24.8 Å². The number of aromatic amines is 1. The van der Waals surface area contributed by atoms with Crippen LogP contribution in [0.1, 0.15) is 27.2 Å². The van der Waals surface area contributed by atoms with Gasteiger partial charge in [0, 0.05) is 36.0 Å². The number of rotatable bonds is 3. The summed E-state index contributed by atoms with van der Waals surface area (Å²) in [5.41, 5.74) is 3.13. The average Bonchev–Trinajstić information content (AvgIpc) is 3.35. The van der Waals surface area contributed by atoms with E-state index in [2.05, 4.69) is 56.4 Å². The minimum atomic E-state index is -0.358. The van der Waals surface area contributed by atoms with Gasteiger partial charge in [-0.15, -0.1) is 11.3 Å². The van der Waals surface area contributed by atoms with Gasteiger partial charge in [0.05, 0.1) is 31.4 Å². The number of fused-ring (bicyclic) bond motifs is 1. The van der Waals surface area contributed by atoms with Gasteiger partial charge in [0.1, 0.15) is 16.5 Å². The van der Waals surface area contributed by atoms with Crippen LogP contribution in [0.2, 0.25) is 0 Å². The molecule has 0 aliphatic carbocycles. The third-order valence-electron chi connectivity index (χ3n) is 6.08. The van der Waals surface area contributed by atoms with Gasteiger partial charge in [-0.05, 0) is 17.7 Å². The van der Waals surface area contributed by atoms with Crippen molar-refractivity contribution in [2.75, 3.05) is 36.5 Å². The van der Waals surface area contributed by atoms with Crippen molar-refractivity contribution in [3.63, 3.8) is 0 Å². The molecule has 3 N–H and O–H groups in total. The maximum absolute atomic E-state index is 12.4. The molecule has 1 saturated heterocycles. The Kier molecular flexibility index (Phi) is 7.19. The van der Waals surface area contributed by atoms with E-state index in [1.165, 1.54) is 11.3 Å². The zero-order valence-electron chi connectivity index (χ0n) is 21.0. The Hall–Kier alpha value is -3.77. The van der Waals surface area contributed by atoms with Crippen molar-refractivity contribution in [1.29, 1.82) is 0 Å². The number of H-pyrrole nitrogens is 1. The fraction of sp³-hybridized carbons (Fsp3) is 0.400. The van der Waals surface area contributed by atoms with E-state index in [1.807, 2.05) is 29.6 Å². The Labute approximate surface area is 218 Å². The van der Waals surface area contributed by atoms with Crippen LogP contribution in [0.5, 0.6) is 0 Å². The molecule has 1 aromatic carbocycles. The average molecular weight is 523 g/mol. The number of hydrogen-bond acceptors (Lipinski definition) is 9. The number of morpholine rings is 1. The molecule has 2 amide bonds. The van der Waals surface area contributed by atoms with E-state index < -0.39 is 0 Å². The summed E-state index contributed by atoms with van der Waals surface area (Å²) >= 11 is 1.49. The van der Waals surface area contributed by atoms with E-state index in [0.717, 1.165) is 29.2 Å². The Morgan fingerprint density at radius 2 is 1.92 bits per heavy atom. The van der Waals surface area contributed by atoms with Gasteiger partial charge in [-0.25, -0.2) is 19.7 Å². The second-order valence-corrected chi connectivity index (χ2v) is 10.7. The van der Waals surface area contributed by atoms with Gasteiger partial charge in [0.2, 0.25) is 5.95 Å². The molecular weight excluding hydrogens is 492 g/mol. The van der Waals surface area contributed by atoms with Crippen molar-refractivity contribution >= 4 is 45.2 Å². The first kappa shape index (κ1) is 24.9. The lowest BCUT2D eigenvalue weighted by Crippen LogP contribution is -2.37. The Morgan fingerprint density at radius 3 is 2.65 bits per heavy atom. The quantitative estimate of drug-likeness (QED) is 0.467. The van der Waals surface area contributed by atoms with Gasteiger partial charge in [-0.1, -0.05) is 38.1 Å². The van der Waals surface area contributed by atoms with Crippen molar-refractivity contribution in [3.8, 4) is 11.3 Å². The van der Waals surface area contributed by atoms with Gasteiger partial charge >= 0.3 is 6.03 Å². The van der Waals surface area contributed by atoms with Crippen molar-refractivity contribution in [3.05, 3.63) is 42.2 Å². The summed E-state index contributed by atoms with van der Waals surface area (Å²) in [4.78, 5) is 37.7. The number of hydrogen-bond donors (Lipinski definition) is 3. The smallest absolute Gasteiger partial charge is 0.324 e. The third kappa shape index (κ3) is 6.15. The number of benzene rings is 1. The maximum Gasteiger partial charge on any atom is 0.324 e. The Morgan fingerprint density at radius 1 is 1.14 bits per heavy atom. The molecule has 12 heteroatoms. The molecule has 0 bridgehead atoms. The van der Waals surface area contributed by atoms with E-state index >= 15 is 0 Å². The highest BCUT2D eigenvalue weighted by molar-refractivity contribution is 7.16. The Bertz CT molecular complexity index is 1340. The number of nitrogens with zero attached hydrogens (tertiary/aromatic N) is 5. The number of amidine groups is 1. The zero-order chi connectivity index (χ0) is 25.8. The van der Waals surface area contributed by atoms with E-state index in [0.29, 0.717) is 42.6 Å². The first-order chi connectivity index (χ1) is 17.8. The van der Waals surface area contributed by atoms with Gasteiger partial charge in [0.25, 0.3) is 0 Å². The minimum Gasteiger partial charge on any atom is -0.390 e. The molecular formula is C25H30N8O3S. The molecule has 3 aromatic rings. The highest BCUT2D eigenvalue weighted by Gasteiger charge is 2.33. The molecule has 11 nitrogen and oxygen atoms in total. The lowest BCUT2D eigenvalue weighted by Gasteiger charge is -2.26. The van der Waals surface area contributed by atoms with Crippen molar-refractivity contribution in [2.45, 2.75) is 33.3 Å². The Balaban J connectivity index is 1.26. The molecule has 2 aliphatic heterocycles. The standard InChI is InChI=1S/C25H30N8O3S/c1-25(2,3)20-12-21(32-36-20)30-24(34)29-17-6-4-16(5-7-17)19-14-37-22-18(27-15-28-19)13-26-23(31-22)33-8-10-35-11-9-33/h4-7,13-15,20H,8-12H2,1-3H3,(H,27,28)(H2,29,30,32,34). The molecule has 1 fully saturated rings. The number of carbonyl (C=O) groups is 1. The molecule has 4 heterocycles. The van der Waals surface area contributed by atoms with Crippen LogP contribution in [0, 0.1) is 5.41 Å². The van der Waals surface area contributed by atoms with E-state index in [1.54, 1.807) is 12.5 Å². The molecule has 0 radical (unpaired) electrons. The lowest BCUT2D eigenvalue weighted by molar-refractivity contribution is 0.00830. The van der Waals surface area contributed by atoms with E-state index in [9.17, 15) is 4.79 Å². The summed E-state index contributed by atoms with van der Waals surface area (Å²) in [5.74, 6) is 1.21. The fourth-order valence-corrected chi connectivity index (χ4v) is 4.65. The first-order valence-electron chi connectivity index (χ1n) is 12.1. The molecule has 2 aliphatic rings. The molecule has 194 valence electrons. The largest absolute Gasteiger partial charge is 0.390 e. The second kappa shape index (κ2) is 10.7. The summed E-state index contributed by atoms with van der Waals surface area (Å²) in [6.45, 7) is 9.13. The molecule has 1 unspecified atom stereocenters. The maximum atomic E-state index is 12.4. The van der Waals surface area contributed by atoms with E-state index in [-0.39, 0.29) is 17.6 Å². The van der Waals surface area contributed by atoms with Crippen molar-refractivity contribution in [2.24, 2.45) is 10.6 Å². The predicted molar refractivity (Wildman–Crippen MR) is 144 cm³/mol. The SMILES string of the molecule is CC(C)(C)C1CC(NC(=O)Nc2ccc(-c3csc4nc(N5CCOCC5)ncc4nc[nH]3)cc2)=NO1. The highest BCUT2D eigenvalue weighted by Crippen LogP contribution is 2.28. The number of anilines is 2. The van der Waals surface area contributed by atoms with Crippen LogP contribution in [0.15, 0.2) is 47.3 Å². The van der Waals surface area contributed by atoms with Gasteiger partial charge in [-0.3, -0.25) is 5.32 Å². The fourth-order valence-electron chi connectivity index (χ4n) is 3.86. The normalized spacial score (nSPS) is 17.6. The van der Waals surface area contributed by atoms with Gasteiger partial charge in [-0.2, -0.15) is 0 Å². The van der Waals surface area contributed by atoms with Crippen LogP contribution < -0.4 is 15.5 Å². The molecule has 5 rings (SSSR count). The molecule has 37 heavy (non-hydrogen) atoms. The van der Waals surface area contributed by atoms with Crippen molar-refractivity contribution < 1.29 is 14.4 Å². The summed E-state index contributed by atoms with van der Waals surface area (Å²) in [6.07, 6.45) is 3.89. The van der Waals surface area contributed by atoms with Crippen LogP contribution in [-0.2, 0) is 9.57 Å². The van der Waals surface area contributed by atoms with Crippen LogP contribution in [0.4, 0.5) is 16.4 Å².